The first-order valence-electron chi connectivity index (χ1n) is 5.82. The van der Waals surface area contributed by atoms with Gasteiger partial charge in [0.1, 0.15) is 0 Å². The predicted octanol–water partition coefficient (Wildman–Crippen LogP) is 2.12. The van der Waals surface area contributed by atoms with Crippen LogP contribution in [0.15, 0.2) is 18.2 Å². The lowest BCUT2D eigenvalue weighted by Gasteiger charge is -2.16. The number of hydrogen-bond donors (Lipinski definition) is 2. The smallest absolute Gasteiger partial charge is 0.0992 e. The molecule has 90 valence electrons. The van der Waals surface area contributed by atoms with E-state index in [1.165, 1.54) is 0 Å². The Labute approximate surface area is 101 Å². The molecule has 2 rings (SSSR count). The van der Waals surface area contributed by atoms with Crippen molar-refractivity contribution in [3.8, 4) is 6.07 Å². The van der Waals surface area contributed by atoms with Crippen LogP contribution in [-0.4, -0.2) is 19.3 Å². The van der Waals surface area contributed by atoms with Crippen LogP contribution in [-0.2, 0) is 4.74 Å². The van der Waals surface area contributed by atoms with Gasteiger partial charge in [-0.1, -0.05) is 0 Å². The van der Waals surface area contributed by atoms with Crippen molar-refractivity contribution in [3.05, 3.63) is 23.8 Å². The van der Waals surface area contributed by atoms with Crippen molar-refractivity contribution in [2.45, 2.75) is 31.4 Å². The van der Waals surface area contributed by atoms with E-state index in [9.17, 15) is 0 Å². The molecule has 3 N–H and O–H groups in total. The first-order valence-corrected chi connectivity index (χ1v) is 5.82. The molecule has 1 aliphatic rings. The maximum atomic E-state index is 8.86. The number of nitriles is 1. The molecule has 1 aromatic carbocycles. The van der Waals surface area contributed by atoms with Crippen LogP contribution < -0.4 is 11.1 Å². The van der Waals surface area contributed by atoms with Gasteiger partial charge < -0.3 is 15.8 Å². The van der Waals surface area contributed by atoms with Crippen molar-refractivity contribution in [1.82, 2.24) is 0 Å². The second-order valence-corrected chi connectivity index (χ2v) is 4.43. The zero-order valence-electron chi connectivity index (χ0n) is 9.94. The summed E-state index contributed by atoms with van der Waals surface area (Å²) in [6.07, 6.45) is 3.49. The van der Waals surface area contributed by atoms with Gasteiger partial charge in [-0.3, -0.25) is 0 Å². The molecule has 0 aliphatic heterocycles. The monoisotopic (exact) mass is 231 g/mol. The van der Waals surface area contributed by atoms with Gasteiger partial charge in [0.25, 0.3) is 0 Å². The van der Waals surface area contributed by atoms with E-state index >= 15 is 0 Å². The Morgan fingerprint density at radius 3 is 2.94 bits per heavy atom. The number of nitrogen functional groups attached to an aromatic ring is 1. The lowest BCUT2D eigenvalue weighted by Crippen LogP contribution is -2.18. The average molecular weight is 231 g/mol. The maximum Gasteiger partial charge on any atom is 0.0992 e. The summed E-state index contributed by atoms with van der Waals surface area (Å²) in [6, 6.07) is 7.80. The molecule has 1 fully saturated rings. The third-order valence-corrected chi connectivity index (χ3v) is 3.26. The van der Waals surface area contributed by atoms with Crippen molar-refractivity contribution in [2.75, 3.05) is 18.2 Å². The fourth-order valence-electron chi connectivity index (χ4n) is 2.26. The van der Waals surface area contributed by atoms with Gasteiger partial charge in [-0.05, 0) is 37.5 Å². The molecule has 17 heavy (non-hydrogen) atoms. The van der Waals surface area contributed by atoms with Gasteiger partial charge in [-0.2, -0.15) is 5.26 Å². The van der Waals surface area contributed by atoms with E-state index in [4.69, 9.17) is 15.7 Å². The minimum Gasteiger partial charge on any atom is -0.397 e. The van der Waals surface area contributed by atoms with Crippen molar-refractivity contribution in [2.24, 2.45) is 0 Å². The number of benzene rings is 1. The Morgan fingerprint density at radius 2 is 2.29 bits per heavy atom. The molecule has 0 saturated heterocycles. The van der Waals surface area contributed by atoms with Gasteiger partial charge in [0.05, 0.1) is 29.1 Å². The quantitative estimate of drug-likeness (QED) is 0.782. The summed E-state index contributed by atoms with van der Waals surface area (Å²) < 4.78 is 5.33. The Hall–Kier alpha value is -1.73. The molecule has 0 spiro atoms. The highest BCUT2D eigenvalue weighted by Gasteiger charge is 2.24. The van der Waals surface area contributed by atoms with Crippen LogP contribution in [0, 0.1) is 11.3 Å². The standard InChI is InChI=1S/C13H17N3O/c1-17-11-4-3-10(7-11)16-13-6-9(8-14)2-5-12(13)15/h2,5-6,10-11,16H,3-4,7,15H2,1H3. The minimum atomic E-state index is 0.341. The Bertz CT molecular complexity index is 439. The van der Waals surface area contributed by atoms with E-state index in [0.717, 1.165) is 24.9 Å². The highest BCUT2D eigenvalue weighted by molar-refractivity contribution is 5.68. The highest BCUT2D eigenvalue weighted by atomic mass is 16.5. The molecule has 2 atom stereocenters. The summed E-state index contributed by atoms with van der Waals surface area (Å²) >= 11 is 0. The second kappa shape index (κ2) is 5.07. The number of hydrogen-bond acceptors (Lipinski definition) is 4. The van der Waals surface area contributed by atoms with Gasteiger partial charge in [-0.15, -0.1) is 0 Å². The molecule has 0 radical (unpaired) electrons. The van der Waals surface area contributed by atoms with Crippen LogP contribution in [0.1, 0.15) is 24.8 Å². The van der Waals surface area contributed by atoms with E-state index in [2.05, 4.69) is 11.4 Å². The highest BCUT2D eigenvalue weighted by Crippen LogP contribution is 2.27. The normalized spacial score (nSPS) is 23.3. The van der Waals surface area contributed by atoms with Crippen LogP contribution >= 0.6 is 0 Å². The van der Waals surface area contributed by atoms with Crippen LogP contribution in [0.4, 0.5) is 11.4 Å². The van der Waals surface area contributed by atoms with E-state index in [0.29, 0.717) is 23.4 Å². The van der Waals surface area contributed by atoms with Crippen LogP contribution in [0.2, 0.25) is 0 Å². The lowest BCUT2D eigenvalue weighted by molar-refractivity contribution is 0.108. The van der Waals surface area contributed by atoms with Gasteiger partial charge in [-0.25, -0.2) is 0 Å². The van der Waals surface area contributed by atoms with Crippen LogP contribution in [0.3, 0.4) is 0 Å². The fourth-order valence-corrected chi connectivity index (χ4v) is 2.26. The Kier molecular flexibility index (Phi) is 3.50. The summed E-state index contributed by atoms with van der Waals surface area (Å²) in [6.45, 7) is 0. The van der Waals surface area contributed by atoms with Crippen LogP contribution in [0.5, 0.6) is 0 Å². The molecule has 0 aromatic heterocycles. The second-order valence-electron chi connectivity index (χ2n) is 4.43. The Balaban J connectivity index is 2.06. The molecule has 2 unspecified atom stereocenters. The fraction of sp³-hybridized carbons (Fsp3) is 0.462. The molecule has 4 nitrogen and oxygen atoms in total. The van der Waals surface area contributed by atoms with Gasteiger partial charge in [0.15, 0.2) is 0 Å². The van der Waals surface area contributed by atoms with Crippen molar-refractivity contribution < 1.29 is 4.74 Å². The Morgan fingerprint density at radius 1 is 1.47 bits per heavy atom. The third-order valence-electron chi connectivity index (χ3n) is 3.26. The largest absolute Gasteiger partial charge is 0.397 e. The molecule has 0 amide bonds. The topological polar surface area (TPSA) is 71.1 Å². The van der Waals surface area contributed by atoms with Gasteiger partial charge in [0, 0.05) is 13.2 Å². The van der Waals surface area contributed by atoms with E-state index < -0.39 is 0 Å². The van der Waals surface area contributed by atoms with Gasteiger partial charge >= 0.3 is 0 Å². The minimum absolute atomic E-state index is 0.341. The molecular formula is C13H17N3O. The summed E-state index contributed by atoms with van der Waals surface area (Å²) in [7, 11) is 1.75. The molecule has 1 aromatic rings. The predicted molar refractivity (Wildman–Crippen MR) is 67.6 cm³/mol. The molecule has 0 bridgehead atoms. The molecule has 0 heterocycles. The number of rotatable bonds is 3. The number of methoxy groups -OCH3 is 1. The number of nitrogens with one attached hydrogen (secondary N) is 1. The first-order chi connectivity index (χ1) is 8.22. The zero-order valence-corrected chi connectivity index (χ0v) is 9.94. The summed E-state index contributed by atoms with van der Waals surface area (Å²) in [5.41, 5.74) is 8.05. The van der Waals surface area contributed by atoms with Gasteiger partial charge in [0.2, 0.25) is 0 Å². The molecule has 4 heteroatoms. The van der Waals surface area contributed by atoms with Crippen LogP contribution in [0.25, 0.3) is 0 Å². The van der Waals surface area contributed by atoms with E-state index in [1.807, 2.05) is 0 Å². The SMILES string of the molecule is COC1CCC(Nc2cc(C#N)ccc2N)C1. The number of anilines is 2. The van der Waals surface area contributed by atoms with Crippen molar-refractivity contribution >= 4 is 11.4 Å². The maximum absolute atomic E-state index is 8.86. The average Bonchev–Trinajstić information content (AvgIpc) is 2.80. The molecule has 1 saturated carbocycles. The number of nitrogens with zero attached hydrogens (tertiary/aromatic N) is 1. The van der Waals surface area contributed by atoms with Crippen molar-refractivity contribution in [1.29, 1.82) is 5.26 Å². The third kappa shape index (κ3) is 2.69. The molecular weight excluding hydrogens is 214 g/mol. The summed E-state index contributed by atoms with van der Waals surface area (Å²) in [4.78, 5) is 0. The first kappa shape index (κ1) is 11.7. The lowest BCUT2D eigenvalue weighted by atomic mass is 10.1. The van der Waals surface area contributed by atoms with Crippen molar-refractivity contribution in [3.63, 3.8) is 0 Å². The summed E-state index contributed by atoms with van der Waals surface area (Å²) in [5, 5.41) is 12.2. The molecule has 1 aliphatic carbocycles. The number of nitrogens with two attached hydrogens (primary N) is 1. The zero-order chi connectivity index (χ0) is 12.3. The number of ether oxygens (including phenoxy) is 1. The van der Waals surface area contributed by atoms with E-state index in [1.54, 1.807) is 25.3 Å². The summed E-state index contributed by atoms with van der Waals surface area (Å²) in [5.74, 6) is 0. The van der Waals surface area contributed by atoms with E-state index in [-0.39, 0.29) is 0 Å².